The van der Waals surface area contributed by atoms with E-state index in [9.17, 15) is 0 Å². The molecule has 18 heavy (non-hydrogen) atoms. The summed E-state index contributed by atoms with van der Waals surface area (Å²) >= 11 is 0. The molecule has 100 valence electrons. The fourth-order valence-corrected chi connectivity index (χ4v) is 2.16. The van der Waals surface area contributed by atoms with E-state index in [2.05, 4.69) is 29.1 Å². The van der Waals surface area contributed by atoms with Gasteiger partial charge in [0, 0.05) is 25.6 Å². The van der Waals surface area contributed by atoms with E-state index in [4.69, 9.17) is 9.47 Å². The highest BCUT2D eigenvalue weighted by molar-refractivity contribution is 5.47. The first-order chi connectivity index (χ1) is 8.80. The number of nitrogens with zero attached hydrogens (tertiary/aromatic N) is 2. The van der Waals surface area contributed by atoms with E-state index in [-0.39, 0.29) is 6.10 Å². The third-order valence-corrected chi connectivity index (χ3v) is 3.13. The zero-order valence-corrected chi connectivity index (χ0v) is 11.3. The molecule has 0 fully saturated rings. The molecule has 0 aromatic carbocycles. The molecular weight excluding hydrogens is 230 g/mol. The second kappa shape index (κ2) is 6.11. The van der Waals surface area contributed by atoms with Gasteiger partial charge in [-0.3, -0.25) is 0 Å². The minimum atomic E-state index is -0.0319. The number of ether oxygens (including phenoxy) is 2. The molecule has 0 saturated carbocycles. The summed E-state index contributed by atoms with van der Waals surface area (Å²) < 4.78 is 10.9. The average molecular weight is 251 g/mol. The van der Waals surface area contributed by atoms with Crippen molar-refractivity contribution < 1.29 is 9.47 Å². The van der Waals surface area contributed by atoms with Gasteiger partial charge in [0.1, 0.15) is 11.9 Å². The third kappa shape index (κ3) is 2.62. The van der Waals surface area contributed by atoms with Crippen molar-refractivity contribution in [3.63, 3.8) is 0 Å². The van der Waals surface area contributed by atoms with E-state index in [1.54, 1.807) is 7.11 Å². The van der Waals surface area contributed by atoms with Crippen molar-refractivity contribution in [3.8, 4) is 0 Å². The van der Waals surface area contributed by atoms with E-state index < -0.39 is 0 Å². The Balaban J connectivity index is 2.40. The smallest absolute Gasteiger partial charge is 0.159 e. The molecule has 0 saturated heterocycles. The van der Waals surface area contributed by atoms with Gasteiger partial charge in [0.15, 0.2) is 5.82 Å². The van der Waals surface area contributed by atoms with E-state index in [0.29, 0.717) is 6.61 Å². The molecule has 1 unspecified atom stereocenters. The van der Waals surface area contributed by atoms with Crippen molar-refractivity contribution in [2.75, 3.05) is 25.6 Å². The molecular formula is C13H21N3O2. The first-order valence-corrected chi connectivity index (χ1v) is 6.54. The Labute approximate surface area is 108 Å². The molecule has 2 rings (SSSR count). The maximum Gasteiger partial charge on any atom is 0.159 e. The molecule has 1 aliphatic rings. The highest BCUT2D eigenvalue weighted by atomic mass is 16.5. The topological polar surface area (TPSA) is 56.3 Å². The highest BCUT2D eigenvalue weighted by Gasteiger charge is 2.21. The van der Waals surface area contributed by atoms with Crippen molar-refractivity contribution in [1.82, 2.24) is 9.97 Å². The molecule has 2 heterocycles. The summed E-state index contributed by atoms with van der Waals surface area (Å²) in [5.41, 5.74) is 2.19. The summed E-state index contributed by atoms with van der Waals surface area (Å²) in [6.07, 6.45) is 1.69. The van der Waals surface area contributed by atoms with E-state index in [0.717, 1.165) is 48.9 Å². The summed E-state index contributed by atoms with van der Waals surface area (Å²) in [5, 5.41) is 3.29. The highest BCUT2D eigenvalue weighted by Crippen LogP contribution is 2.26. The molecule has 1 atom stereocenters. The lowest BCUT2D eigenvalue weighted by molar-refractivity contribution is 0.0895. The van der Waals surface area contributed by atoms with Gasteiger partial charge >= 0.3 is 0 Å². The van der Waals surface area contributed by atoms with Gasteiger partial charge in [-0.05, 0) is 13.3 Å². The van der Waals surface area contributed by atoms with Crippen LogP contribution in [0, 0.1) is 0 Å². The van der Waals surface area contributed by atoms with Crippen molar-refractivity contribution in [2.24, 2.45) is 0 Å². The second-order valence-electron chi connectivity index (χ2n) is 4.32. The van der Waals surface area contributed by atoms with Crippen LogP contribution in [0.4, 0.5) is 5.82 Å². The minimum Gasteiger partial charge on any atom is -0.376 e. The number of anilines is 1. The van der Waals surface area contributed by atoms with Crippen LogP contribution >= 0.6 is 0 Å². The predicted octanol–water partition coefficient (Wildman–Crippen LogP) is 2.08. The number of hydrogen-bond donors (Lipinski definition) is 1. The molecule has 0 amide bonds. The van der Waals surface area contributed by atoms with E-state index >= 15 is 0 Å². The Kier molecular flexibility index (Phi) is 4.49. The predicted molar refractivity (Wildman–Crippen MR) is 69.6 cm³/mol. The van der Waals surface area contributed by atoms with Crippen LogP contribution in [0.15, 0.2) is 0 Å². The Hall–Kier alpha value is -1.20. The third-order valence-electron chi connectivity index (χ3n) is 3.13. The maximum atomic E-state index is 5.48. The lowest BCUT2D eigenvalue weighted by atomic mass is 10.1. The summed E-state index contributed by atoms with van der Waals surface area (Å²) in [6, 6.07) is 0. The van der Waals surface area contributed by atoms with Crippen molar-refractivity contribution in [3.05, 3.63) is 17.1 Å². The largest absolute Gasteiger partial charge is 0.376 e. The Morgan fingerprint density at radius 1 is 1.39 bits per heavy atom. The van der Waals surface area contributed by atoms with E-state index in [1.165, 1.54) is 0 Å². The standard InChI is InChI=1S/C13H21N3O2/c1-4-11(17-3)13-15-10-6-7-18-8-9(10)12(16-13)14-5-2/h11H,4-8H2,1-3H3,(H,14,15,16). The molecule has 1 aromatic rings. The minimum absolute atomic E-state index is 0.0319. The molecule has 1 aromatic heterocycles. The number of rotatable bonds is 5. The number of methoxy groups -OCH3 is 1. The molecule has 1 aliphatic heterocycles. The fraction of sp³-hybridized carbons (Fsp3) is 0.692. The van der Waals surface area contributed by atoms with Crippen LogP contribution in [0.3, 0.4) is 0 Å². The number of nitrogens with one attached hydrogen (secondary N) is 1. The Bertz CT molecular complexity index is 405. The van der Waals surface area contributed by atoms with Crippen LogP contribution < -0.4 is 5.32 Å². The monoisotopic (exact) mass is 251 g/mol. The lowest BCUT2D eigenvalue weighted by Gasteiger charge is -2.21. The molecule has 0 bridgehead atoms. The zero-order valence-electron chi connectivity index (χ0n) is 11.3. The fourth-order valence-electron chi connectivity index (χ4n) is 2.16. The van der Waals surface area contributed by atoms with Crippen LogP contribution in [-0.4, -0.2) is 30.2 Å². The van der Waals surface area contributed by atoms with Gasteiger partial charge in [-0.25, -0.2) is 9.97 Å². The first-order valence-electron chi connectivity index (χ1n) is 6.54. The normalized spacial score (nSPS) is 16.2. The zero-order chi connectivity index (χ0) is 13.0. The molecule has 1 N–H and O–H groups in total. The van der Waals surface area contributed by atoms with Gasteiger partial charge < -0.3 is 14.8 Å². The molecule has 5 nitrogen and oxygen atoms in total. The maximum absolute atomic E-state index is 5.48. The SMILES string of the molecule is CCNc1nc(C(CC)OC)nc2c1COCC2. The summed E-state index contributed by atoms with van der Waals surface area (Å²) in [5.74, 6) is 1.67. The molecule has 0 spiro atoms. The molecule has 0 radical (unpaired) electrons. The van der Waals surface area contributed by atoms with Crippen molar-refractivity contribution >= 4 is 5.82 Å². The lowest BCUT2D eigenvalue weighted by Crippen LogP contribution is -2.19. The summed E-state index contributed by atoms with van der Waals surface area (Å²) in [4.78, 5) is 9.23. The van der Waals surface area contributed by atoms with Gasteiger partial charge in [0.25, 0.3) is 0 Å². The Morgan fingerprint density at radius 3 is 2.89 bits per heavy atom. The molecule has 5 heteroatoms. The van der Waals surface area contributed by atoms with Crippen LogP contribution in [0.5, 0.6) is 0 Å². The van der Waals surface area contributed by atoms with E-state index in [1.807, 2.05) is 0 Å². The Morgan fingerprint density at radius 2 is 2.22 bits per heavy atom. The van der Waals surface area contributed by atoms with Gasteiger partial charge in [0.2, 0.25) is 0 Å². The van der Waals surface area contributed by atoms with Gasteiger partial charge in [0.05, 0.1) is 18.9 Å². The first kappa shape index (κ1) is 13.2. The summed E-state index contributed by atoms with van der Waals surface area (Å²) in [7, 11) is 1.70. The van der Waals surface area contributed by atoms with Crippen LogP contribution in [0.2, 0.25) is 0 Å². The summed E-state index contributed by atoms with van der Waals surface area (Å²) in [6.45, 7) is 6.31. The van der Waals surface area contributed by atoms with Crippen LogP contribution in [-0.2, 0) is 22.5 Å². The number of aromatic nitrogens is 2. The van der Waals surface area contributed by atoms with Crippen LogP contribution in [0.25, 0.3) is 0 Å². The van der Waals surface area contributed by atoms with Gasteiger partial charge in [-0.1, -0.05) is 6.92 Å². The quantitative estimate of drug-likeness (QED) is 0.868. The van der Waals surface area contributed by atoms with Crippen LogP contribution in [0.1, 0.15) is 43.5 Å². The van der Waals surface area contributed by atoms with Crippen molar-refractivity contribution in [2.45, 2.75) is 39.4 Å². The van der Waals surface area contributed by atoms with Crippen molar-refractivity contribution in [1.29, 1.82) is 0 Å². The average Bonchev–Trinajstić information content (AvgIpc) is 2.40. The number of fused-ring (bicyclic) bond motifs is 1. The van der Waals surface area contributed by atoms with Gasteiger partial charge in [-0.15, -0.1) is 0 Å². The second-order valence-corrected chi connectivity index (χ2v) is 4.32. The number of hydrogen-bond acceptors (Lipinski definition) is 5. The van der Waals surface area contributed by atoms with Gasteiger partial charge in [-0.2, -0.15) is 0 Å². The molecule has 0 aliphatic carbocycles.